The van der Waals surface area contributed by atoms with Gasteiger partial charge in [-0.2, -0.15) is 0 Å². The Morgan fingerprint density at radius 2 is 1.89 bits per heavy atom. The fourth-order valence-electron chi connectivity index (χ4n) is 1.44. The number of rotatable bonds is 3. The van der Waals surface area contributed by atoms with Crippen LogP contribution in [0.25, 0.3) is 0 Å². The lowest BCUT2D eigenvalue weighted by Gasteiger charge is -2.05. The number of nitrogens with one attached hydrogen (secondary N) is 1. The number of benzene rings is 1. The van der Waals surface area contributed by atoms with Gasteiger partial charge in [-0.15, -0.1) is 0 Å². The second-order valence-electron chi connectivity index (χ2n) is 3.83. The van der Waals surface area contributed by atoms with E-state index in [9.17, 15) is 4.79 Å². The minimum Gasteiger partial charge on any atom is -0.399 e. The third-order valence-corrected chi connectivity index (χ3v) is 2.46. The molecular formula is C13H14N4O. The Bertz CT molecular complexity index is 534. The summed E-state index contributed by atoms with van der Waals surface area (Å²) >= 11 is 0. The maximum Gasteiger partial charge on any atom is 0.274 e. The largest absolute Gasteiger partial charge is 0.399 e. The quantitative estimate of drug-likeness (QED) is 0.708. The first-order chi connectivity index (χ1) is 8.69. The number of carbonyl (C=O) groups excluding carboxylic acids is 1. The van der Waals surface area contributed by atoms with Crippen LogP contribution in [0.2, 0.25) is 0 Å². The van der Waals surface area contributed by atoms with Crippen LogP contribution in [0.15, 0.2) is 42.6 Å². The normalized spacial score (nSPS) is 10.1. The molecule has 2 rings (SSSR count). The molecule has 5 heteroatoms. The van der Waals surface area contributed by atoms with Crippen LogP contribution in [0, 0.1) is 0 Å². The summed E-state index contributed by atoms with van der Waals surface area (Å²) in [6, 6.07) is 10.4. The lowest BCUT2D eigenvalue weighted by Crippen LogP contribution is -2.13. The minimum absolute atomic E-state index is 0.261. The van der Waals surface area contributed by atoms with E-state index in [1.807, 2.05) is 0 Å². The van der Waals surface area contributed by atoms with Crippen LogP contribution in [-0.2, 0) is 6.54 Å². The summed E-state index contributed by atoms with van der Waals surface area (Å²) in [4.78, 5) is 15.9. The topological polar surface area (TPSA) is 94.0 Å². The van der Waals surface area contributed by atoms with Crippen LogP contribution in [-0.4, -0.2) is 10.9 Å². The molecule has 0 atom stereocenters. The highest BCUT2D eigenvalue weighted by Crippen LogP contribution is 2.11. The number of amides is 1. The third-order valence-electron chi connectivity index (χ3n) is 2.46. The number of aromatic nitrogens is 1. The van der Waals surface area contributed by atoms with Gasteiger partial charge in [0.05, 0.1) is 0 Å². The summed E-state index contributed by atoms with van der Waals surface area (Å²) in [5.74, 6) is -0.261. The molecule has 2 aromatic rings. The van der Waals surface area contributed by atoms with Crippen LogP contribution in [0.1, 0.15) is 16.1 Å². The van der Waals surface area contributed by atoms with Crippen molar-refractivity contribution in [3.63, 3.8) is 0 Å². The molecule has 18 heavy (non-hydrogen) atoms. The predicted octanol–water partition coefficient (Wildman–Crippen LogP) is 1.37. The molecule has 0 unspecified atom stereocenters. The van der Waals surface area contributed by atoms with Crippen molar-refractivity contribution in [1.82, 2.24) is 4.98 Å². The predicted molar refractivity (Wildman–Crippen MR) is 70.9 cm³/mol. The lowest BCUT2D eigenvalue weighted by molar-refractivity contribution is 0.102. The molecule has 5 nitrogen and oxygen atoms in total. The molecule has 92 valence electrons. The summed E-state index contributed by atoms with van der Waals surface area (Å²) in [6.45, 7) is 0.410. The zero-order chi connectivity index (χ0) is 13.0. The zero-order valence-corrected chi connectivity index (χ0v) is 9.76. The number of pyridine rings is 1. The SMILES string of the molecule is NCc1ccc(C(=O)Nc2ccc(N)cc2)nc1. The Labute approximate surface area is 105 Å². The first-order valence-electron chi connectivity index (χ1n) is 5.51. The van der Waals surface area contributed by atoms with Crippen molar-refractivity contribution in [2.24, 2.45) is 5.73 Å². The number of hydrogen-bond acceptors (Lipinski definition) is 4. The average molecular weight is 242 g/mol. The number of hydrogen-bond donors (Lipinski definition) is 3. The maximum atomic E-state index is 11.9. The third kappa shape index (κ3) is 2.83. The number of nitrogens with zero attached hydrogens (tertiary/aromatic N) is 1. The first-order valence-corrected chi connectivity index (χ1v) is 5.51. The van der Waals surface area contributed by atoms with Gasteiger partial charge in [0.1, 0.15) is 5.69 Å². The van der Waals surface area contributed by atoms with Crippen molar-refractivity contribution in [3.05, 3.63) is 53.9 Å². The molecule has 0 aliphatic carbocycles. The minimum atomic E-state index is -0.261. The van der Waals surface area contributed by atoms with E-state index in [0.717, 1.165) is 5.56 Å². The van der Waals surface area contributed by atoms with Crippen molar-refractivity contribution in [2.75, 3.05) is 11.1 Å². The van der Waals surface area contributed by atoms with E-state index in [1.165, 1.54) is 0 Å². The molecule has 0 aliphatic heterocycles. The van der Waals surface area contributed by atoms with Gasteiger partial charge in [-0.3, -0.25) is 9.78 Å². The highest BCUT2D eigenvalue weighted by molar-refractivity contribution is 6.02. The molecule has 0 aliphatic rings. The van der Waals surface area contributed by atoms with Crippen molar-refractivity contribution < 1.29 is 4.79 Å². The second-order valence-corrected chi connectivity index (χ2v) is 3.83. The zero-order valence-electron chi connectivity index (χ0n) is 9.76. The van der Waals surface area contributed by atoms with Crippen molar-refractivity contribution in [2.45, 2.75) is 6.54 Å². The molecule has 0 spiro atoms. The average Bonchev–Trinajstić information content (AvgIpc) is 2.41. The smallest absolute Gasteiger partial charge is 0.274 e. The molecule has 1 aromatic carbocycles. The molecule has 1 amide bonds. The van der Waals surface area contributed by atoms with Gasteiger partial charge < -0.3 is 16.8 Å². The van der Waals surface area contributed by atoms with Gasteiger partial charge in [0.2, 0.25) is 0 Å². The fourth-order valence-corrected chi connectivity index (χ4v) is 1.44. The summed E-state index contributed by atoms with van der Waals surface area (Å²) in [7, 11) is 0. The van der Waals surface area contributed by atoms with Crippen LogP contribution in [0.4, 0.5) is 11.4 Å². The Morgan fingerprint density at radius 1 is 1.17 bits per heavy atom. The van der Waals surface area contributed by atoms with E-state index >= 15 is 0 Å². The van der Waals surface area contributed by atoms with Crippen molar-refractivity contribution in [3.8, 4) is 0 Å². The molecule has 0 saturated carbocycles. The molecule has 5 N–H and O–H groups in total. The Kier molecular flexibility index (Phi) is 3.54. The van der Waals surface area contributed by atoms with Crippen LogP contribution in [0.3, 0.4) is 0 Å². The molecule has 0 radical (unpaired) electrons. The van der Waals surface area contributed by atoms with Gasteiger partial charge in [0.25, 0.3) is 5.91 Å². The van der Waals surface area contributed by atoms with Crippen molar-refractivity contribution in [1.29, 1.82) is 0 Å². The molecule has 1 aromatic heterocycles. The standard InChI is InChI=1S/C13H14N4O/c14-7-9-1-6-12(16-8-9)13(18)17-11-4-2-10(15)3-5-11/h1-6,8H,7,14-15H2,(H,17,18). The maximum absolute atomic E-state index is 11.9. The number of anilines is 2. The fraction of sp³-hybridized carbons (Fsp3) is 0.0769. The molecule has 0 fully saturated rings. The van der Waals surface area contributed by atoms with E-state index in [0.29, 0.717) is 23.6 Å². The van der Waals surface area contributed by atoms with Gasteiger partial charge >= 0.3 is 0 Å². The van der Waals surface area contributed by atoms with E-state index < -0.39 is 0 Å². The summed E-state index contributed by atoms with van der Waals surface area (Å²) in [6.07, 6.45) is 1.60. The van der Waals surface area contributed by atoms with Crippen LogP contribution < -0.4 is 16.8 Å². The first kappa shape index (κ1) is 12.1. The van der Waals surface area contributed by atoms with E-state index in [-0.39, 0.29) is 5.91 Å². The Balaban J connectivity index is 2.09. The van der Waals surface area contributed by atoms with Crippen LogP contribution >= 0.6 is 0 Å². The van der Waals surface area contributed by atoms with Gasteiger partial charge in [-0.05, 0) is 35.9 Å². The molecular weight excluding hydrogens is 228 g/mol. The number of nitrogens with two attached hydrogens (primary N) is 2. The lowest BCUT2D eigenvalue weighted by atomic mass is 10.2. The summed E-state index contributed by atoms with van der Waals surface area (Å²) in [5.41, 5.74) is 13.6. The van der Waals surface area contributed by atoms with E-state index in [2.05, 4.69) is 10.3 Å². The number of carbonyl (C=O) groups is 1. The highest BCUT2D eigenvalue weighted by Gasteiger charge is 2.07. The van der Waals surface area contributed by atoms with Gasteiger partial charge in [-0.25, -0.2) is 0 Å². The second kappa shape index (κ2) is 5.29. The Hall–Kier alpha value is -2.40. The van der Waals surface area contributed by atoms with Gasteiger partial charge in [-0.1, -0.05) is 6.07 Å². The van der Waals surface area contributed by atoms with Gasteiger partial charge in [0.15, 0.2) is 0 Å². The van der Waals surface area contributed by atoms with Gasteiger partial charge in [0, 0.05) is 24.1 Å². The van der Waals surface area contributed by atoms with E-state index in [1.54, 1.807) is 42.6 Å². The summed E-state index contributed by atoms with van der Waals surface area (Å²) in [5, 5.41) is 2.73. The van der Waals surface area contributed by atoms with E-state index in [4.69, 9.17) is 11.5 Å². The summed E-state index contributed by atoms with van der Waals surface area (Å²) < 4.78 is 0. The molecule has 0 saturated heterocycles. The highest BCUT2D eigenvalue weighted by atomic mass is 16.1. The van der Waals surface area contributed by atoms with Crippen LogP contribution in [0.5, 0.6) is 0 Å². The monoisotopic (exact) mass is 242 g/mol. The van der Waals surface area contributed by atoms with Crippen molar-refractivity contribution >= 4 is 17.3 Å². The Morgan fingerprint density at radius 3 is 2.44 bits per heavy atom. The molecule has 0 bridgehead atoms. The number of nitrogen functional groups attached to an aromatic ring is 1. The molecule has 1 heterocycles.